The highest BCUT2D eigenvalue weighted by atomic mass is 16.5. The number of hydrogen-bond donors (Lipinski definition) is 1. The largest absolute Gasteiger partial charge is 0.473 e. The van der Waals surface area contributed by atoms with E-state index in [-0.39, 0.29) is 12.1 Å². The molecule has 0 saturated carbocycles. The van der Waals surface area contributed by atoms with Crippen LogP contribution in [0.4, 0.5) is 11.5 Å². The molecular formula is C13H23N3O2. The summed E-state index contributed by atoms with van der Waals surface area (Å²) in [5.74, 6) is 1.31. The molecule has 0 aliphatic rings. The van der Waals surface area contributed by atoms with Gasteiger partial charge in [-0.25, -0.2) is 0 Å². The quantitative estimate of drug-likeness (QED) is 0.839. The molecule has 1 rings (SSSR count). The lowest BCUT2D eigenvalue weighted by Gasteiger charge is -2.26. The second-order valence-electron chi connectivity index (χ2n) is 4.65. The Morgan fingerprint density at radius 2 is 2.00 bits per heavy atom. The molecule has 1 heterocycles. The van der Waals surface area contributed by atoms with Gasteiger partial charge in [0.2, 0.25) is 5.88 Å². The van der Waals surface area contributed by atoms with Gasteiger partial charge in [-0.1, -0.05) is 0 Å². The van der Waals surface area contributed by atoms with E-state index in [4.69, 9.17) is 15.2 Å². The number of rotatable bonds is 6. The fourth-order valence-electron chi connectivity index (χ4n) is 1.53. The standard InChI is InChI=1S/C13H23N3O2/c1-9(2)18-13-11(14)6-7-12(15-13)16(4)10(3)8-17-5/h6-7,9-10H,8,14H2,1-5H3. The molecule has 0 fully saturated rings. The van der Waals surface area contributed by atoms with Gasteiger partial charge in [0.25, 0.3) is 0 Å². The molecule has 2 N–H and O–H groups in total. The van der Waals surface area contributed by atoms with Crippen molar-refractivity contribution < 1.29 is 9.47 Å². The summed E-state index contributed by atoms with van der Waals surface area (Å²) in [6.07, 6.45) is 0.0526. The molecule has 0 aromatic carbocycles. The van der Waals surface area contributed by atoms with Gasteiger partial charge in [0, 0.05) is 14.2 Å². The van der Waals surface area contributed by atoms with Crippen molar-refractivity contribution in [3.63, 3.8) is 0 Å². The zero-order chi connectivity index (χ0) is 13.7. The molecule has 0 spiro atoms. The fourth-order valence-corrected chi connectivity index (χ4v) is 1.53. The van der Waals surface area contributed by atoms with Gasteiger partial charge in [-0.2, -0.15) is 4.98 Å². The van der Waals surface area contributed by atoms with Crippen LogP contribution in [0.15, 0.2) is 12.1 Å². The third-order valence-corrected chi connectivity index (χ3v) is 2.65. The first-order valence-electron chi connectivity index (χ1n) is 6.10. The van der Waals surface area contributed by atoms with Gasteiger partial charge >= 0.3 is 0 Å². The zero-order valence-corrected chi connectivity index (χ0v) is 11.8. The first-order valence-corrected chi connectivity index (χ1v) is 6.10. The van der Waals surface area contributed by atoms with Crippen LogP contribution in [0.5, 0.6) is 5.88 Å². The van der Waals surface area contributed by atoms with Gasteiger partial charge in [-0.15, -0.1) is 0 Å². The van der Waals surface area contributed by atoms with E-state index in [1.54, 1.807) is 7.11 Å². The SMILES string of the molecule is COCC(C)N(C)c1ccc(N)c(OC(C)C)n1. The monoisotopic (exact) mass is 253 g/mol. The van der Waals surface area contributed by atoms with E-state index in [1.165, 1.54) is 0 Å². The minimum atomic E-state index is 0.0526. The van der Waals surface area contributed by atoms with Crippen LogP contribution in [0.2, 0.25) is 0 Å². The molecule has 0 radical (unpaired) electrons. The Morgan fingerprint density at radius 1 is 1.33 bits per heavy atom. The highest BCUT2D eigenvalue weighted by Gasteiger charge is 2.13. The molecule has 102 valence electrons. The minimum absolute atomic E-state index is 0.0526. The number of methoxy groups -OCH3 is 1. The van der Waals surface area contributed by atoms with Crippen molar-refractivity contribution >= 4 is 11.5 Å². The van der Waals surface area contributed by atoms with Crippen molar-refractivity contribution in [2.24, 2.45) is 0 Å². The summed E-state index contributed by atoms with van der Waals surface area (Å²) in [7, 11) is 3.66. The molecule has 1 atom stereocenters. The van der Waals surface area contributed by atoms with E-state index in [0.29, 0.717) is 18.2 Å². The van der Waals surface area contributed by atoms with E-state index in [0.717, 1.165) is 5.82 Å². The summed E-state index contributed by atoms with van der Waals surface area (Å²) in [4.78, 5) is 6.48. The molecule has 1 aromatic rings. The molecule has 0 aliphatic carbocycles. The lowest BCUT2D eigenvalue weighted by atomic mass is 10.3. The normalized spacial score (nSPS) is 12.6. The molecule has 5 heteroatoms. The number of anilines is 2. The lowest BCUT2D eigenvalue weighted by Crippen LogP contribution is -2.33. The molecule has 5 nitrogen and oxygen atoms in total. The smallest absolute Gasteiger partial charge is 0.239 e. The molecule has 0 bridgehead atoms. The summed E-state index contributed by atoms with van der Waals surface area (Å²) in [6.45, 7) is 6.61. The van der Waals surface area contributed by atoms with Gasteiger partial charge < -0.3 is 20.1 Å². The molecule has 0 amide bonds. The number of nitrogen functional groups attached to an aromatic ring is 1. The number of nitrogens with two attached hydrogens (primary N) is 1. The number of pyridine rings is 1. The Balaban J connectivity index is 2.89. The van der Waals surface area contributed by atoms with Crippen LogP contribution in [-0.4, -0.2) is 37.9 Å². The first-order chi connectivity index (χ1) is 8.45. The van der Waals surface area contributed by atoms with Gasteiger partial charge in [0.05, 0.1) is 24.4 Å². The van der Waals surface area contributed by atoms with Gasteiger partial charge in [-0.05, 0) is 32.9 Å². The van der Waals surface area contributed by atoms with Gasteiger partial charge in [0.1, 0.15) is 5.82 Å². The van der Waals surface area contributed by atoms with Crippen molar-refractivity contribution in [2.75, 3.05) is 31.4 Å². The predicted octanol–water partition coefficient (Wildman–Crippen LogP) is 1.92. The number of nitrogens with zero attached hydrogens (tertiary/aromatic N) is 2. The van der Waals surface area contributed by atoms with E-state index in [2.05, 4.69) is 11.9 Å². The van der Waals surface area contributed by atoms with Crippen LogP contribution in [-0.2, 0) is 4.74 Å². The van der Waals surface area contributed by atoms with E-state index in [9.17, 15) is 0 Å². The van der Waals surface area contributed by atoms with Crippen molar-refractivity contribution in [1.29, 1.82) is 0 Å². The minimum Gasteiger partial charge on any atom is -0.473 e. The number of likely N-dealkylation sites (N-methyl/N-ethyl adjacent to an activating group) is 1. The highest BCUT2D eigenvalue weighted by molar-refractivity contribution is 5.54. The Bertz CT molecular complexity index is 382. The van der Waals surface area contributed by atoms with Crippen LogP contribution in [0, 0.1) is 0 Å². The maximum atomic E-state index is 5.84. The third-order valence-electron chi connectivity index (χ3n) is 2.65. The number of ether oxygens (including phenoxy) is 2. The van der Waals surface area contributed by atoms with Crippen LogP contribution >= 0.6 is 0 Å². The van der Waals surface area contributed by atoms with Gasteiger partial charge in [0.15, 0.2) is 0 Å². The Kier molecular flexibility index (Phi) is 5.22. The van der Waals surface area contributed by atoms with Crippen molar-refractivity contribution in [3.05, 3.63) is 12.1 Å². The van der Waals surface area contributed by atoms with E-state index in [1.807, 2.05) is 37.9 Å². The van der Waals surface area contributed by atoms with Crippen molar-refractivity contribution in [2.45, 2.75) is 32.9 Å². The summed E-state index contributed by atoms with van der Waals surface area (Å²) in [5, 5.41) is 0. The second kappa shape index (κ2) is 6.44. The zero-order valence-electron chi connectivity index (χ0n) is 11.8. The maximum absolute atomic E-state index is 5.84. The molecule has 0 saturated heterocycles. The van der Waals surface area contributed by atoms with Crippen LogP contribution < -0.4 is 15.4 Å². The molecular weight excluding hydrogens is 230 g/mol. The van der Waals surface area contributed by atoms with Crippen molar-refractivity contribution in [3.8, 4) is 5.88 Å². The average molecular weight is 253 g/mol. The molecule has 1 aromatic heterocycles. The molecule has 18 heavy (non-hydrogen) atoms. The van der Waals surface area contributed by atoms with Crippen LogP contribution in [0.25, 0.3) is 0 Å². The first kappa shape index (κ1) is 14.6. The molecule has 0 aliphatic heterocycles. The summed E-state index contributed by atoms with van der Waals surface area (Å²) >= 11 is 0. The molecule has 1 unspecified atom stereocenters. The Morgan fingerprint density at radius 3 is 2.56 bits per heavy atom. The van der Waals surface area contributed by atoms with Crippen LogP contribution in [0.1, 0.15) is 20.8 Å². The fraction of sp³-hybridized carbons (Fsp3) is 0.615. The van der Waals surface area contributed by atoms with Crippen LogP contribution in [0.3, 0.4) is 0 Å². The summed E-state index contributed by atoms with van der Waals surface area (Å²) in [5.41, 5.74) is 6.40. The van der Waals surface area contributed by atoms with Gasteiger partial charge in [-0.3, -0.25) is 0 Å². The second-order valence-corrected chi connectivity index (χ2v) is 4.65. The topological polar surface area (TPSA) is 60.6 Å². The number of aromatic nitrogens is 1. The van der Waals surface area contributed by atoms with E-state index >= 15 is 0 Å². The summed E-state index contributed by atoms with van der Waals surface area (Å²) < 4.78 is 10.7. The van der Waals surface area contributed by atoms with E-state index < -0.39 is 0 Å². The summed E-state index contributed by atoms with van der Waals surface area (Å²) in [6, 6.07) is 3.93. The predicted molar refractivity (Wildman–Crippen MR) is 74.2 cm³/mol. The average Bonchev–Trinajstić information content (AvgIpc) is 2.31. The Hall–Kier alpha value is -1.49. The number of hydrogen-bond acceptors (Lipinski definition) is 5. The van der Waals surface area contributed by atoms with Crippen molar-refractivity contribution in [1.82, 2.24) is 4.98 Å². The highest BCUT2D eigenvalue weighted by Crippen LogP contribution is 2.24. The lowest BCUT2D eigenvalue weighted by molar-refractivity contribution is 0.183. The Labute approximate surface area is 109 Å². The maximum Gasteiger partial charge on any atom is 0.239 e. The third kappa shape index (κ3) is 3.77.